The van der Waals surface area contributed by atoms with Gasteiger partial charge in [-0.05, 0) is 30.9 Å². The summed E-state index contributed by atoms with van der Waals surface area (Å²) in [7, 11) is 0. The summed E-state index contributed by atoms with van der Waals surface area (Å²) in [6.45, 7) is 2.78. The highest BCUT2D eigenvalue weighted by atomic mass is 35.5. The fourth-order valence-corrected chi connectivity index (χ4v) is 3.25. The zero-order chi connectivity index (χ0) is 14.1. The lowest BCUT2D eigenvalue weighted by molar-refractivity contribution is 0.431. The van der Waals surface area contributed by atoms with Gasteiger partial charge < -0.3 is 4.98 Å². The van der Waals surface area contributed by atoms with Gasteiger partial charge in [-0.25, -0.2) is 4.98 Å². The molecule has 2 aromatic heterocycles. The van der Waals surface area contributed by atoms with E-state index in [0.717, 1.165) is 31.6 Å². The molecule has 2 aromatic rings. The Hall–Kier alpha value is -1.36. The van der Waals surface area contributed by atoms with Crippen molar-refractivity contribution in [2.75, 3.05) is 0 Å². The van der Waals surface area contributed by atoms with E-state index < -0.39 is 0 Å². The molecule has 3 rings (SSSR count). The first-order valence-electron chi connectivity index (χ1n) is 7.36. The second-order valence-corrected chi connectivity index (χ2v) is 5.83. The van der Waals surface area contributed by atoms with Crippen molar-refractivity contribution in [3.8, 4) is 0 Å². The third-order valence-electron chi connectivity index (χ3n) is 4.03. The Morgan fingerprint density at radius 3 is 2.75 bits per heavy atom. The average molecular weight is 295 g/mol. The lowest BCUT2D eigenvalue weighted by atomic mass is 9.89. The summed E-state index contributed by atoms with van der Waals surface area (Å²) in [4.78, 5) is 23.7. The molecule has 1 N–H and O–H groups in total. The Labute approximate surface area is 122 Å². The lowest BCUT2D eigenvalue weighted by Gasteiger charge is -2.18. The zero-order valence-electron chi connectivity index (χ0n) is 11.7. The van der Waals surface area contributed by atoms with Crippen LogP contribution in [0.3, 0.4) is 0 Å². The average Bonchev–Trinajstić information content (AvgIpc) is 2.90. The maximum Gasteiger partial charge on any atom is 0.300 e. The summed E-state index contributed by atoms with van der Waals surface area (Å²) in [5, 5.41) is 0.228. The predicted octanol–water partition coefficient (Wildman–Crippen LogP) is 3.23. The van der Waals surface area contributed by atoms with Crippen molar-refractivity contribution >= 4 is 22.8 Å². The number of aryl methyl sites for hydroxylation is 1. The molecule has 0 unspecified atom stereocenters. The normalized spacial score (nSPS) is 16.9. The van der Waals surface area contributed by atoms with E-state index in [2.05, 4.69) is 21.9 Å². The number of nitrogens with one attached hydrogen (secondary N) is 1. The standard InChI is InChI=1S/C14H19ClN4O/c1-2-8-19-12-10(13(20)18-14(19)15)16-11(17-12)9-6-4-3-5-7-9/h9H,2-8H2,1H3,(H,16,17). The van der Waals surface area contributed by atoms with Crippen LogP contribution in [0.1, 0.15) is 57.2 Å². The number of fused-ring (bicyclic) bond motifs is 1. The van der Waals surface area contributed by atoms with Crippen LogP contribution in [0.4, 0.5) is 0 Å². The van der Waals surface area contributed by atoms with Gasteiger partial charge in [0, 0.05) is 12.5 Å². The maximum absolute atomic E-state index is 12.0. The summed E-state index contributed by atoms with van der Waals surface area (Å²) >= 11 is 6.08. The second kappa shape index (κ2) is 5.56. The number of hydrogen-bond acceptors (Lipinski definition) is 3. The van der Waals surface area contributed by atoms with Crippen LogP contribution in [0.5, 0.6) is 0 Å². The molecule has 0 aliphatic heterocycles. The van der Waals surface area contributed by atoms with E-state index in [4.69, 9.17) is 11.6 Å². The predicted molar refractivity (Wildman–Crippen MR) is 79.3 cm³/mol. The molecule has 6 heteroatoms. The highest BCUT2D eigenvalue weighted by molar-refractivity contribution is 6.28. The van der Waals surface area contributed by atoms with Crippen LogP contribution in [0.2, 0.25) is 5.28 Å². The molecule has 0 aromatic carbocycles. The first kappa shape index (κ1) is 13.6. The Balaban J connectivity index is 2.11. The smallest absolute Gasteiger partial charge is 0.300 e. The summed E-state index contributed by atoms with van der Waals surface area (Å²) < 4.78 is 1.82. The molecule has 1 fully saturated rings. The minimum absolute atomic E-state index is 0.228. The van der Waals surface area contributed by atoms with Gasteiger partial charge in [-0.3, -0.25) is 9.36 Å². The van der Waals surface area contributed by atoms with Gasteiger partial charge in [-0.1, -0.05) is 26.2 Å². The first-order chi connectivity index (χ1) is 9.70. The van der Waals surface area contributed by atoms with Gasteiger partial charge in [0.2, 0.25) is 5.28 Å². The Bertz CT molecular complexity index is 670. The minimum atomic E-state index is -0.313. The molecule has 0 amide bonds. The van der Waals surface area contributed by atoms with Crippen LogP contribution < -0.4 is 5.56 Å². The highest BCUT2D eigenvalue weighted by Gasteiger charge is 2.21. The summed E-state index contributed by atoms with van der Waals surface area (Å²) in [6.07, 6.45) is 6.98. The first-order valence-corrected chi connectivity index (χ1v) is 7.74. The van der Waals surface area contributed by atoms with Gasteiger partial charge in [0.1, 0.15) is 5.82 Å². The molecular formula is C14H19ClN4O. The van der Waals surface area contributed by atoms with Crippen molar-refractivity contribution in [3.05, 3.63) is 21.5 Å². The number of aromatic nitrogens is 4. The summed E-state index contributed by atoms with van der Waals surface area (Å²) in [6, 6.07) is 0. The van der Waals surface area contributed by atoms with Gasteiger partial charge in [0.15, 0.2) is 11.2 Å². The Morgan fingerprint density at radius 2 is 2.05 bits per heavy atom. The number of hydrogen-bond donors (Lipinski definition) is 1. The fraction of sp³-hybridized carbons (Fsp3) is 0.643. The molecule has 0 spiro atoms. The second-order valence-electron chi connectivity index (χ2n) is 5.49. The van der Waals surface area contributed by atoms with Gasteiger partial charge in [-0.2, -0.15) is 4.98 Å². The number of nitrogens with zero attached hydrogens (tertiary/aromatic N) is 3. The highest BCUT2D eigenvalue weighted by Crippen LogP contribution is 2.31. The number of rotatable bonds is 3. The molecule has 0 radical (unpaired) electrons. The van der Waals surface area contributed by atoms with Crippen LogP contribution >= 0.6 is 11.6 Å². The fourth-order valence-electron chi connectivity index (χ4n) is 3.00. The Kier molecular flexibility index (Phi) is 3.78. The molecule has 108 valence electrons. The molecule has 20 heavy (non-hydrogen) atoms. The molecular weight excluding hydrogens is 276 g/mol. The van der Waals surface area contributed by atoms with E-state index in [-0.39, 0.29) is 10.8 Å². The molecule has 0 bridgehead atoms. The zero-order valence-corrected chi connectivity index (χ0v) is 12.4. The maximum atomic E-state index is 12.0. The van der Waals surface area contributed by atoms with Crippen LogP contribution in [-0.4, -0.2) is 19.5 Å². The van der Waals surface area contributed by atoms with E-state index in [9.17, 15) is 4.79 Å². The number of halogens is 1. The molecule has 2 heterocycles. The monoisotopic (exact) mass is 294 g/mol. The van der Waals surface area contributed by atoms with E-state index >= 15 is 0 Å². The third kappa shape index (κ3) is 2.35. The van der Waals surface area contributed by atoms with Gasteiger partial charge >= 0.3 is 0 Å². The van der Waals surface area contributed by atoms with Crippen molar-refractivity contribution in [3.63, 3.8) is 0 Å². The Morgan fingerprint density at radius 1 is 1.30 bits per heavy atom. The summed E-state index contributed by atoms with van der Waals surface area (Å²) in [5.74, 6) is 1.36. The molecule has 0 atom stereocenters. The van der Waals surface area contributed by atoms with Crippen LogP contribution in [0.15, 0.2) is 4.79 Å². The van der Waals surface area contributed by atoms with E-state index in [1.165, 1.54) is 19.3 Å². The van der Waals surface area contributed by atoms with Crippen LogP contribution in [-0.2, 0) is 6.54 Å². The van der Waals surface area contributed by atoms with Gasteiger partial charge in [-0.15, -0.1) is 0 Å². The van der Waals surface area contributed by atoms with Crippen LogP contribution in [0.25, 0.3) is 11.2 Å². The van der Waals surface area contributed by atoms with Gasteiger partial charge in [0.25, 0.3) is 5.56 Å². The van der Waals surface area contributed by atoms with E-state index in [1.54, 1.807) is 0 Å². The molecule has 0 saturated heterocycles. The molecule has 1 saturated carbocycles. The van der Waals surface area contributed by atoms with Crippen molar-refractivity contribution in [1.29, 1.82) is 0 Å². The van der Waals surface area contributed by atoms with E-state index in [0.29, 0.717) is 17.1 Å². The van der Waals surface area contributed by atoms with Crippen LogP contribution in [0, 0.1) is 0 Å². The number of imidazole rings is 1. The number of aromatic amines is 1. The van der Waals surface area contributed by atoms with Crippen molar-refractivity contribution < 1.29 is 0 Å². The SMILES string of the molecule is CCCn1c(Cl)nc(=O)c2[nH]c(C3CCCCC3)nc21. The molecule has 5 nitrogen and oxygen atoms in total. The minimum Gasteiger partial charge on any atom is -0.336 e. The lowest BCUT2D eigenvalue weighted by Crippen LogP contribution is -2.14. The number of H-pyrrole nitrogens is 1. The largest absolute Gasteiger partial charge is 0.336 e. The quantitative estimate of drug-likeness (QED) is 0.884. The molecule has 1 aliphatic rings. The molecule has 1 aliphatic carbocycles. The third-order valence-corrected chi connectivity index (χ3v) is 4.32. The van der Waals surface area contributed by atoms with Crippen molar-refractivity contribution in [2.24, 2.45) is 0 Å². The van der Waals surface area contributed by atoms with E-state index in [1.807, 2.05) is 4.57 Å². The van der Waals surface area contributed by atoms with Gasteiger partial charge in [0.05, 0.1) is 0 Å². The summed E-state index contributed by atoms with van der Waals surface area (Å²) in [5.41, 5.74) is 0.827. The topological polar surface area (TPSA) is 63.6 Å². The van der Waals surface area contributed by atoms with Crippen molar-refractivity contribution in [2.45, 2.75) is 57.9 Å². The van der Waals surface area contributed by atoms with Crippen molar-refractivity contribution in [1.82, 2.24) is 19.5 Å².